The summed E-state index contributed by atoms with van der Waals surface area (Å²) in [5.74, 6) is -6.89. The highest BCUT2D eigenvalue weighted by molar-refractivity contribution is 7.92. The number of thiazole rings is 2. The number of nitrogens with one attached hydrogen (secondary N) is 2. The number of nitrogens with zero attached hydrogens (tertiary/aromatic N) is 8. The first kappa shape index (κ1) is 98.5. The quantitative estimate of drug-likeness (QED) is 0.0460. The summed E-state index contributed by atoms with van der Waals surface area (Å²) in [5.41, 5.74) is -3.15. The fourth-order valence-electron chi connectivity index (χ4n) is 19.0. The van der Waals surface area contributed by atoms with Crippen LogP contribution in [0.3, 0.4) is 0 Å². The third-order valence-corrected chi connectivity index (χ3v) is 33.7. The van der Waals surface area contributed by atoms with E-state index in [-0.39, 0.29) is 92.2 Å². The first-order valence-electron chi connectivity index (χ1n) is 45.9. The number of fused-ring (bicyclic) bond motifs is 6. The van der Waals surface area contributed by atoms with Crippen molar-refractivity contribution in [1.29, 1.82) is 0 Å². The zero-order chi connectivity index (χ0) is 94.3. The summed E-state index contributed by atoms with van der Waals surface area (Å²) in [6.07, 6.45) is 14.8. The molecule has 0 unspecified atom stereocenters. The smallest absolute Gasteiger partial charge is 0.438 e. The van der Waals surface area contributed by atoms with E-state index in [9.17, 15) is 73.5 Å². The van der Waals surface area contributed by atoms with Gasteiger partial charge in [-0.2, -0.15) is 26.3 Å². The second-order valence-corrected chi connectivity index (χ2v) is 46.3. The SMILES string of the molecule is CC(C)(C)OC(=O)C[C@H]1CCCCC/C=C\[C@@H]2C[C@@]2(C(=O)NS(=O)(=O)C2(C)CC2)CC(=O)[C@@H]2C[C@@H](O)CN2C1=O.CC(C)(C)OC(=O)C[C@H]1CCCCC/C=C\[C@@H]2C[C@@]2(C(=O)NS(=O)(=O)C2(C)CC2)CC(=O)[C@@H]2C[C@@H](Oc3nc4cccc(-c5nc(C6CCCCC6)cs5)c4nc3C(F)(F)F)CN2C1=O.FC(F)(F)c1nc2c(-c3nc(C4CCCCC4)cs3)cccc2nc1Cl. The second kappa shape index (κ2) is 39.1. The predicted molar refractivity (Wildman–Crippen MR) is 481 cm³/mol. The maximum absolute atomic E-state index is 15.0. The lowest BCUT2D eigenvalue weighted by Crippen LogP contribution is -2.47. The number of Topliss-reactive ketones (excluding diaryl/α,β-unsaturated/α-hetero) is 2. The number of carbonyl (C=O) groups is 8. The average Bonchev–Trinajstić information content (AvgIpc) is 1.57. The number of rotatable bonds is 16. The summed E-state index contributed by atoms with van der Waals surface area (Å²) >= 11 is 8.47. The van der Waals surface area contributed by atoms with Crippen molar-refractivity contribution in [2.45, 2.75) is 330 Å². The number of aromatic nitrogens is 6. The number of hydrogen-bond donors (Lipinski definition) is 3. The first-order chi connectivity index (χ1) is 61.7. The minimum Gasteiger partial charge on any atom is -0.471 e. The van der Waals surface area contributed by atoms with Crippen LogP contribution < -0.4 is 14.2 Å². The number of aliphatic hydroxyl groups excluding tert-OH is 1. The Hall–Kier alpha value is -8.45. The van der Waals surface area contributed by atoms with Crippen LogP contribution >= 0.6 is 34.3 Å². The largest absolute Gasteiger partial charge is 0.471 e. The molecule has 10 atom stereocenters. The lowest BCUT2D eigenvalue weighted by atomic mass is 9.87. The van der Waals surface area contributed by atoms with Crippen molar-refractivity contribution < 1.29 is 101 Å². The Morgan fingerprint density at radius 1 is 0.534 bits per heavy atom. The normalized spacial score (nSPS) is 27.0. The summed E-state index contributed by atoms with van der Waals surface area (Å²) in [5, 5.41) is 15.0. The van der Waals surface area contributed by atoms with Gasteiger partial charge in [0.2, 0.25) is 55.2 Å². The van der Waals surface area contributed by atoms with Crippen LogP contribution in [0.5, 0.6) is 5.88 Å². The molecule has 2 saturated heterocycles. The van der Waals surface area contributed by atoms with E-state index in [2.05, 4.69) is 29.4 Å². The highest BCUT2D eigenvalue weighted by Crippen LogP contribution is 2.60. The van der Waals surface area contributed by atoms with Crippen molar-refractivity contribution >= 4 is 124 Å². The van der Waals surface area contributed by atoms with Crippen LogP contribution in [0.1, 0.15) is 295 Å². The van der Waals surface area contributed by atoms with Gasteiger partial charge in [0, 0.05) is 77.8 Å². The van der Waals surface area contributed by atoms with Crippen molar-refractivity contribution in [3.63, 3.8) is 0 Å². The molecule has 4 aliphatic heterocycles. The lowest BCUT2D eigenvalue weighted by Gasteiger charge is -2.29. The van der Waals surface area contributed by atoms with Crippen molar-refractivity contribution in [3.8, 4) is 27.0 Å². The molecule has 0 spiro atoms. The van der Waals surface area contributed by atoms with E-state index in [0.29, 0.717) is 103 Å². The molecule has 712 valence electrons. The number of aliphatic hydroxyl groups is 1. The van der Waals surface area contributed by atoms with E-state index >= 15 is 13.2 Å². The fourth-order valence-corrected chi connectivity index (χ4v) is 23.8. The summed E-state index contributed by atoms with van der Waals surface area (Å²) in [7, 11) is -7.94. The number of halogens is 7. The van der Waals surface area contributed by atoms with Crippen molar-refractivity contribution in [2.75, 3.05) is 13.1 Å². The molecule has 3 N–H and O–H groups in total. The lowest BCUT2D eigenvalue weighted by molar-refractivity contribution is -0.159. The molecular weight excluding hydrogens is 1800 g/mol. The van der Waals surface area contributed by atoms with Crippen molar-refractivity contribution in [1.82, 2.24) is 49.1 Å². The summed E-state index contributed by atoms with van der Waals surface area (Å²) < 4.78 is 156. The van der Waals surface area contributed by atoms with Crippen molar-refractivity contribution in [2.24, 2.45) is 34.5 Å². The molecule has 8 fully saturated rings. The molecular formula is C94H117ClF6N10O16S4. The monoisotopic (exact) mass is 1920 g/mol. The van der Waals surface area contributed by atoms with E-state index in [1.54, 1.807) is 85.7 Å². The van der Waals surface area contributed by atoms with Gasteiger partial charge in [-0.05, 0) is 194 Å². The second-order valence-electron chi connectivity index (χ2n) is 39.9. The van der Waals surface area contributed by atoms with Gasteiger partial charge in [0.25, 0.3) is 0 Å². The number of alkyl halides is 6. The van der Waals surface area contributed by atoms with Gasteiger partial charge in [-0.3, -0.25) is 47.8 Å². The minimum atomic E-state index is -5.02. The molecule has 6 aliphatic carbocycles. The number of esters is 2. The number of ketones is 2. The number of ether oxygens (including phenoxy) is 3. The van der Waals surface area contributed by atoms with Gasteiger partial charge < -0.3 is 29.1 Å². The Morgan fingerprint density at radius 3 is 1.37 bits per heavy atom. The van der Waals surface area contributed by atoms with Gasteiger partial charge in [-0.1, -0.05) is 112 Å². The number of amides is 4. The molecule has 26 nitrogen and oxygen atoms in total. The van der Waals surface area contributed by atoms with Crippen LogP contribution in [-0.2, 0) is 80.2 Å². The molecule has 6 saturated carbocycles. The summed E-state index contributed by atoms with van der Waals surface area (Å²) in [6, 6.07) is 7.73. The minimum absolute atomic E-state index is 0.000415. The molecule has 4 aromatic heterocycles. The Balaban J connectivity index is 0.000000177. The first-order valence-corrected chi connectivity index (χ1v) is 51.0. The predicted octanol–water partition coefficient (Wildman–Crippen LogP) is 18.3. The van der Waals surface area contributed by atoms with E-state index in [0.717, 1.165) is 75.6 Å². The number of para-hydroxylation sites is 2. The molecule has 37 heteroatoms. The molecule has 131 heavy (non-hydrogen) atoms. The van der Waals surface area contributed by atoms with Crippen LogP contribution in [0.25, 0.3) is 43.2 Å². The van der Waals surface area contributed by atoms with Crippen LogP contribution in [0.15, 0.2) is 71.5 Å². The zero-order valence-electron chi connectivity index (χ0n) is 75.2. The van der Waals surface area contributed by atoms with Gasteiger partial charge in [-0.15, -0.1) is 22.7 Å². The van der Waals surface area contributed by atoms with Gasteiger partial charge in [0.15, 0.2) is 22.4 Å². The molecule has 6 aromatic rings. The highest BCUT2D eigenvalue weighted by atomic mass is 35.5. The van der Waals surface area contributed by atoms with E-state index in [1.165, 1.54) is 64.2 Å². The third kappa shape index (κ3) is 23.2. The Kier molecular flexibility index (Phi) is 29.4. The summed E-state index contributed by atoms with van der Waals surface area (Å²) in [6.45, 7) is 13.2. The van der Waals surface area contributed by atoms with E-state index in [1.807, 2.05) is 35.1 Å². The molecule has 16 rings (SSSR count). The average molecular weight is 1920 g/mol. The maximum atomic E-state index is 15.0. The Bertz CT molecular complexity index is 5620. The summed E-state index contributed by atoms with van der Waals surface area (Å²) in [4.78, 5) is 139. The van der Waals surface area contributed by atoms with Crippen LogP contribution in [0, 0.1) is 34.5 Å². The molecule has 2 aromatic carbocycles. The zero-order valence-corrected chi connectivity index (χ0v) is 79.2. The van der Waals surface area contributed by atoms with Crippen LogP contribution in [-0.4, -0.2) is 167 Å². The fraction of sp³-hybridized carbons (Fsp3) is 0.638. The standard InChI is InChI=1S/C47H58F3N5O8S2.C29H44N2O8S.C18H15ClF3N3S/c1-44(2,3)63-37(57)22-29-16-9-6-5-7-12-17-30-24-46(30,43(59)54-65(60,61)45(4)20-21-45)25-36(56)35-23-31(26-55(35)42(29)58)62-40-39(47(48,49)50)53-38-32(18-13-19-33(38)51-40)41-52-34(27-64-41)28-14-10-8-11-15-28;1-27(2,3)39-24(34)14-19-10-8-6-5-7-9-11-20-16-29(20,26(36)30-40(37,38)28(4)12-13-28)17-23(33)22-15-21(32)18-31(22)25(19)35;19-16-15(18(20,21)22)25-14-11(7-4-8-12(14)23-16)17-24-13(9-26-17)10-5-2-1-3-6-10/h12-13,17-19,27-31,35H,5-11,14-16,20-26H2,1-4H3,(H,54,59);9,11,19-22,32H,5-8,10,12-18H2,1-4H3,(H,30,36);4,7-10H,1-3,5-6H2/b17-12-;11-9-;/t29-,30-,31-,35+,46-;19-,20-,21-,22+,29-;/m11./s1. The molecule has 8 heterocycles. The van der Waals surface area contributed by atoms with Gasteiger partial charge in [-0.25, -0.2) is 46.7 Å². The highest BCUT2D eigenvalue weighted by Gasteiger charge is 2.65. The Labute approximate surface area is 772 Å². The third-order valence-electron chi connectivity index (χ3n) is 27.3. The molecule has 10 aliphatic rings. The van der Waals surface area contributed by atoms with E-state index < -0.39 is 170 Å². The maximum Gasteiger partial charge on any atom is 0.438 e. The topological polar surface area (TPSA) is 361 Å². The number of allylic oxidation sites excluding steroid dienone is 4. The molecule has 4 amide bonds. The van der Waals surface area contributed by atoms with Crippen LogP contribution in [0.2, 0.25) is 5.15 Å². The Morgan fingerprint density at radius 2 is 0.939 bits per heavy atom. The molecule has 0 bridgehead atoms. The van der Waals surface area contributed by atoms with Crippen LogP contribution in [0.4, 0.5) is 26.3 Å². The van der Waals surface area contributed by atoms with Gasteiger partial charge in [0.05, 0.1) is 91.4 Å². The number of hydrogen-bond acceptors (Lipinski definition) is 24. The number of benzene rings is 2. The number of carbonyl (C=O) groups excluding carboxylic acids is 8. The van der Waals surface area contributed by atoms with E-state index in [4.69, 9.17) is 35.8 Å². The van der Waals surface area contributed by atoms with Gasteiger partial charge >= 0.3 is 24.3 Å². The molecule has 0 radical (unpaired) electrons. The van der Waals surface area contributed by atoms with Crippen molar-refractivity contribution in [3.05, 3.63) is 99.4 Å². The van der Waals surface area contributed by atoms with Gasteiger partial charge in [0.1, 0.15) is 27.3 Å². The number of sulfonamides is 2.